The van der Waals surface area contributed by atoms with Gasteiger partial charge in [-0.1, -0.05) is 15.9 Å². The van der Waals surface area contributed by atoms with E-state index in [-0.39, 0.29) is 6.04 Å². The third kappa shape index (κ3) is 2.82. The Bertz CT molecular complexity index is 350. The van der Waals surface area contributed by atoms with Gasteiger partial charge >= 0.3 is 5.97 Å². The Morgan fingerprint density at radius 3 is 2.79 bits per heavy atom. The van der Waals surface area contributed by atoms with E-state index in [9.17, 15) is 4.79 Å². The van der Waals surface area contributed by atoms with Gasteiger partial charge in [0, 0.05) is 10.5 Å². The molecule has 14 heavy (non-hydrogen) atoms. The third-order valence-electron chi connectivity index (χ3n) is 1.83. The largest absolute Gasteiger partial charge is 0.478 e. The van der Waals surface area contributed by atoms with E-state index in [2.05, 4.69) is 15.9 Å². The fourth-order valence-electron chi connectivity index (χ4n) is 1.21. The quantitative estimate of drug-likeness (QED) is 0.871. The highest BCUT2D eigenvalue weighted by Crippen LogP contribution is 2.19. The van der Waals surface area contributed by atoms with Gasteiger partial charge in [-0.2, -0.15) is 0 Å². The maximum absolute atomic E-state index is 10.7. The number of hydrogen-bond acceptors (Lipinski definition) is 2. The highest BCUT2D eigenvalue weighted by Gasteiger charge is 2.08. The molecular weight excluding hydrogens is 246 g/mol. The minimum absolute atomic E-state index is 0.0235. The van der Waals surface area contributed by atoms with Crippen LogP contribution in [0.2, 0.25) is 0 Å². The second-order valence-electron chi connectivity index (χ2n) is 3.29. The zero-order chi connectivity index (χ0) is 10.7. The Morgan fingerprint density at radius 1 is 1.64 bits per heavy atom. The smallest absolute Gasteiger partial charge is 0.335 e. The van der Waals surface area contributed by atoms with Gasteiger partial charge in [-0.05, 0) is 37.1 Å². The first-order valence-corrected chi connectivity index (χ1v) is 5.07. The van der Waals surface area contributed by atoms with Crippen LogP contribution in [-0.4, -0.2) is 17.1 Å². The van der Waals surface area contributed by atoms with E-state index in [1.807, 2.05) is 6.92 Å². The van der Waals surface area contributed by atoms with E-state index in [1.54, 1.807) is 18.2 Å². The molecule has 0 aliphatic heterocycles. The van der Waals surface area contributed by atoms with Crippen molar-refractivity contribution in [3.63, 3.8) is 0 Å². The molecule has 0 radical (unpaired) electrons. The van der Waals surface area contributed by atoms with Crippen molar-refractivity contribution in [2.45, 2.75) is 19.4 Å². The molecule has 3 N–H and O–H groups in total. The summed E-state index contributed by atoms with van der Waals surface area (Å²) in [5.41, 5.74) is 6.88. The molecule has 0 unspecified atom stereocenters. The minimum atomic E-state index is -0.913. The number of carboxylic acids is 1. The number of hydrogen-bond donors (Lipinski definition) is 2. The molecule has 0 aliphatic rings. The SMILES string of the molecule is C[C@@H](N)Cc1cc(C(=O)O)ccc1Br. The first-order valence-electron chi connectivity index (χ1n) is 4.28. The van der Waals surface area contributed by atoms with Gasteiger partial charge in [0.2, 0.25) is 0 Å². The lowest BCUT2D eigenvalue weighted by molar-refractivity contribution is 0.0696. The number of halogens is 1. The van der Waals surface area contributed by atoms with Crippen molar-refractivity contribution >= 4 is 21.9 Å². The van der Waals surface area contributed by atoms with Gasteiger partial charge < -0.3 is 10.8 Å². The molecule has 1 aromatic rings. The molecule has 1 rings (SSSR count). The van der Waals surface area contributed by atoms with Crippen molar-refractivity contribution in [3.8, 4) is 0 Å². The fraction of sp³-hybridized carbons (Fsp3) is 0.300. The van der Waals surface area contributed by atoms with Gasteiger partial charge in [0.25, 0.3) is 0 Å². The summed E-state index contributed by atoms with van der Waals surface area (Å²) in [5, 5.41) is 8.79. The van der Waals surface area contributed by atoms with Gasteiger partial charge in [-0.25, -0.2) is 4.79 Å². The summed E-state index contributed by atoms with van der Waals surface area (Å²) in [6, 6.07) is 4.98. The summed E-state index contributed by atoms with van der Waals surface area (Å²) in [5.74, 6) is -0.913. The minimum Gasteiger partial charge on any atom is -0.478 e. The Morgan fingerprint density at radius 2 is 2.29 bits per heavy atom. The van der Waals surface area contributed by atoms with Crippen molar-refractivity contribution in [1.29, 1.82) is 0 Å². The molecule has 0 fully saturated rings. The molecule has 0 heterocycles. The summed E-state index contributed by atoms with van der Waals surface area (Å²) < 4.78 is 0.903. The van der Waals surface area contributed by atoms with Crippen molar-refractivity contribution in [1.82, 2.24) is 0 Å². The third-order valence-corrected chi connectivity index (χ3v) is 2.61. The number of carbonyl (C=O) groups is 1. The average molecular weight is 258 g/mol. The van der Waals surface area contributed by atoms with E-state index in [4.69, 9.17) is 10.8 Å². The van der Waals surface area contributed by atoms with Gasteiger partial charge in [-0.15, -0.1) is 0 Å². The highest BCUT2D eigenvalue weighted by molar-refractivity contribution is 9.10. The molecule has 0 aliphatic carbocycles. The molecule has 0 spiro atoms. The zero-order valence-electron chi connectivity index (χ0n) is 7.83. The maximum atomic E-state index is 10.7. The Kier molecular flexibility index (Phi) is 3.66. The molecule has 0 aromatic heterocycles. The average Bonchev–Trinajstić information content (AvgIpc) is 2.07. The highest BCUT2D eigenvalue weighted by atomic mass is 79.9. The lowest BCUT2D eigenvalue weighted by Gasteiger charge is -2.08. The Labute approximate surface area is 91.1 Å². The van der Waals surface area contributed by atoms with Gasteiger partial charge in [-0.3, -0.25) is 0 Å². The molecular formula is C10H12BrNO2. The second-order valence-corrected chi connectivity index (χ2v) is 4.15. The van der Waals surface area contributed by atoms with Crippen molar-refractivity contribution in [3.05, 3.63) is 33.8 Å². The number of benzene rings is 1. The molecule has 76 valence electrons. The van der Waals surface area contributed by atoms with Crippen LogP contribution in [0.1, 0.15) is 22.8 Å². The Hall–Kier alpha value is -0.870. The van der Waals surface area contributed by atoms with Crippen molar-refractivity contribution in [2.24, 2.45) is 5.73 Å². The van der Waals surface area contributed by atoms with E-state index >= 15 is 0 Å². The van der Waals surface area contributed by atoms with Gasteiger partial charge in [0.05, 0.1) is 5.56 Å². The van der Waals surface area contributed by atoms with E-state index in [0.29, 0.717) is 12.0 Å². The first-order chi connectivity index (χ1) is 6.50. The standard InChI is InChI=1S/C10H12BrNO2/c1-6(12)4-8-5-7(10(13)14)2-3-9(8)11/h2-3,5-6H,4,12H2,1H3,(H,13,14)/t6-/m1/s1. The van der Waals surface area contributed by atoms with Crippen LogP contribution >= 0.6 is 15.9 Å². The van der Waals surface area contributed by atoms with E-state index in [1.165, 1.54) is 0 Å². The van der Waals surface area contributed by atoms with Crippen LogP contribution in [-0.2, 0) is 6.42 Å². The van der Waals surface area contributed by atoms with Crippen LogP contribution in [0, 0.1) is 0 Å². The first kappa shape index (κ1) is 11.2. The molecule has 0 amide bonds. The van der Waals surface area contributed by atoms with Crippen LogP contribution in [0.15, 0.2) is 22.7 Å². The summed E-state index contributed by atoms with van der Waals surface area (Å²) in [6.07, 6.45) is 0.668. The maximum Gasteiger partial charge on any atom is 0.335 e. The van der Waals surface area contributed by atoms with Crippen LogP contribution in [0.5, 0.6) is 0 Å². The molecule has 3 nitrogen and oxygen atoms in total. The van der Waals surface area contributed by atoms with Crippen molar-refractivity contribution in [2.75, 3.05) is 0 Å². The van der Waals surface area contributed by atoms with Crippen molar-refractivity contribution < 1.29 is 9.90 Å². The Balaban J connectivity index is 3.02. The molecule has 0 saturated heterocycles. The summed E-state index contributed by atoms with van der Waals surface area (Å²) in [6.45, 7) is 1.89. The van der Waals surface area contributed by atoms with Crippen LogP contribution in [0.25, 0.3) is 0 Å². The summed E-state index contributed by atoms with van der Waals surface area (Å²) in [7, 11) is 0. The number of nitrogens with two attached hydrogens (primary N) is 1. The van der Waals surface area contributed by atoms with Gasteiger partial charge in [0.1, 0.15) is 0 Å². The molecule has 4 heteroatoms. The number of rotatable bonds is 3. The molecule has 1 atom stereocenters. The zero-order valence-corrected chi connectivity index (χ0v) is 9.41. The fourth-order valence-corrected chi connectivity index (χ4v) is 1.62. The summed E-state index contributed by atoms with van der Waals surface area (Å²) >= 11 is 3.36. The second kappa shape index (κ2) is 4.57. The monoisotopic (exact) mass is 257 g/mol. The lowest BCUT2D eigenvalue weighted by atomic mass is 10.0. The lowest BCUT2D eigenvalue weighted by Crippen LogP contribution is -2.18. The topological polar surface area (TPSA) is 63.3 Å². The van der Waals surface area contributed by atoms with Crippen LogP contribution in [0.4, 0.5) is 0 Å². The van der Waals surface area contributed by atoms with Crippen LogP contribution in [0.3, 0.4) is 0 Å². The van der Waals surface area contributed by atoms with E-state index in [0.717, 1.165) is 10.0 Å². The van der Waals surface area contributed by atoms with E-state index < -0.39 is 5.97 Å². The van der Waals surface area contributed by atoms with Crippen LogP contribution < -0.4 is 5.73 Å². The molecule has 0 saturated carbocycles. The molecule has 1 aromatic carbocycles. The normalized spacial score (nSPS) is 12.5. The molecule has 0 bridgehead atoms. The number of aromatic carboxylic acids is 1. The summed E-state index contributed by atoms with van der Waals surface area (Å²) in [4.78, 5) is 10.7. The predicted octanol–water partition coefficient (Wildman–Crippen LogP) is 2.04. The predicted molar refractivity (Wildman–Crippen MR) is 58.5 cm³/mol. The number of carboxylic acid groups (broad SMARTS) is 1. The van der Waals surface area contributed by atoms with Gasteiger partial charge in [0.15, 0.2) is 0 Å².